The summed E-state index contributed by atoms with van der Waals surface area (Å²) in [5.41, 5.74) is 3.27. The number of rotatable bonds is 3. The van der Waals surface area contributed by atoms with E-state index in [0.717, 1.165) is 24.8 Å². The highest BCUT2D eigenvalue weighted by Gasteiger charge is 2.38. The van der Waals surface area contributed by atoms with E-state index in [-0.39, 0.29) is 0 Å². The molecular formula is C15H20O4. The molecule has 0 aliphatic heterocycles. The predicted octanol–water partition coefficient (Wildman–Crippen LogP) is 2.40. The van der Waals surface area contributed by atoms with Crippen LogP contribution >= 0.6 is 0 Å². The fraction of sp³-hybridized carbons (Fsp3) is 0.600. The summed E-state index contributed by atoms with van der Waals surface area (Å²) >= 11 is 0. The highest BCUT2D eigenvalue weighted by Crippen LogP contribution is 2.44. The Morgan fingerprint density at radius 3 is 2.42 bits per heavy atom. The first-order valence-corrected chi connectivity index (χ1v) is 6.67. The molecule has 19 heavy (non-hydrogen) atoms. The summed E-state index contributed by atoms with van der Waals surface area (Å²) in [6.07, 6.45) is 6.36. The predicted molar refractivity (Wildman–Crippen MR) is 70.3 cm³/mol. The van der Waals surface area contributed by atoms with Crippen LogP contribution in [0, 0.1) is 11.8 Å². The molecule has 0 N–H and O–H groups in total. The molecular weight excluding hydrogens is 244 g/mol. The van der Waals surface area contributed by atoms with Crippen molar-refractivity contribution in [1.29, 1.82) is 0 Å². The lowest BCUT2D eigenvalue weighted by Crippen LogP contribution is -2.28. The molecule has 0 heterocycles. The third-order valence-electron chi connectivity index (χ3n) is 4.10. The largest absolute Gasteiger partial charge is 0.468 e. The molecule has 0 aromatic carbocycles. The van der Waals surface area contributed by atoms with Crippen LogP contribution in [0.5, 0.6) is 0 Å². The smallest absolute Gasteiger partial charge is 0.324 e. The highest BCUT2D eigenvalue weighted by molar-refractivity contribution is 5.99. The van der Waals surface area contributed by atoms with Crippen molar-refractivity contribution in [2.75, 3.05) is 14.2 Å². The average molecular weight is 264 g/mol. The van der Waals surface area contributed by atoms with Gasteiger partial charge in [-0.3, -0.25) is 9.59 Å². The molecule has 1 unspecified atom stereocenters. The maximum Gasteiger partial charge on any atom is 0.324 e. The van der Waals surface area contributed by atoms with Gasteiger partial charge in [0.1, 0.15) is 0 Å². The van der Waals surface area contributed by atoms with Crippen LogP contribution < -0.4 is 0 Å². The van der Waals surface area contributed by atoms with Gasteiger partial charge in [0, 0.05) is 5.92 Å². The monoisotopic (exact) mass is 264 g/mol. The lowest BCUT2D eigenvalue weighted by atomic mass is 9.81. The van der Waals surface area contributed by atoms with Crippen LogP contribution in [0.1, 0.15) is 32.6 Å². The number of fused-ring (bicyclic) bond motifs is 1. The summed E-state index contributed by atoms with van der Waals surface area (Å²) in [6.45, 7) is 2.06. The summed E-state index contributed by atoms with van der Waals surface area (Å²) in [5, 5.41) is 0. The second-order valence-electron chi connectivity index (χ2n) is 5.15. The molecule has 0 radical (unpaired) electrons. The first kappa shape index (κ1) is 13.8. The Labute approximate surface area is 113 Å². The van der Waals surface area contributed by atoms with E-state index in [4.69, 9.17) is 9.47 Å². The van der Waals surface area contributed by atoms with Crippen LogP contribution in [-0.4, -0.2) is 26.2 Å². The van der Waals surface area contributed by atoms with Crippen molar-refractivity contribution in [3.8, 4) is 0 Å². The topological polar surface area (TPSA) is 52.6 Å². The summed E-state index contributed by atoms with van der Waals surface area (Å²) in [7, 11) is 2.60. The Morgan fingerprint density at radius 2 is 1.84 bits per heavy atom. The Morgan fingerprint density at radius 1 is 1.21 bits per heavy atom. The van der Waals surface area contributed by atoms with Crippen molar-refractivity contribution < 1.29 is 19.1 Å². The molecule has 2 aliphatic carbocycles. The fourth-order valence-electron chi connectivity index (χ4n) is 3.15. The third-order valence-corrected chi connectivity index (χ3v) is 4.10. The van der Waals surface area contributed by atoms with E-state index < -0.39 is 17.9 Å². The molecule has 0 aromatic heterocycles. The van der Waals surface area contributed by atoms with Gasteiger partial charge in [0.05, 0.1) is 14.2 Å². The lowest BCUT2D eigenvalue weighted by Gasteiger charge is -2.24. The molecule has 0 spiro atoms. The van der Waals surface area contributed by atoms with Gasteiger partial charge in [0.25, 0.3) is 0 Å². The van der Waals surface area contributed by atoms with E-state index in [0.29, 0.717) is 5.92 Å². The van der Waals surface area contributed by atoms with Crippen LogP contribution in [0.25, 0.3) is 0 Å². The first-order valence-electron chi connectivity index (χ1n) is 6.67. The molecule has 0 aromatic rings. The van der Waals surface area contributed by atoms with Crippen LogP contribution in [0.4, 0.5) is 0 Å². The van der Waals surface area contributed by atoms with Crippen LogP contribution in [0.15, 0.2) is 22.8 Å². The molecule has 0 amide bonds. The van der Waals surface area contributed by atoms with E-state index in [1.807, 2.05) is 6.08 Å². The Kier molecular flexibility index (Phi) is 4.08. The van der Waals surface area contributed by atoms with Crippen molar-refractivity contribution in [3.05, 3.63) is 22.8 Å². The molecule has 1 atom stereocenters. The second kappa shape index (κ2) is 5.59. The molecule has 104 valence electrons. The maximum atomic E-state index is 11.9. The van der Waals surface area contributed by atoms with Crippen LogP contribution in [0.2, 0.25) is 0 Å². The van der Waals surface area contributed by atoms with Crippen molar-refractivity contribution in [3.63, 3.8) is 0 Å². The van der Waals surface area contributed by atoms with Gasteiger partial charge in [0.2, 0.25) is 0 Å². The van der Waals surface area contributed by atoms with E-state index in [1.165, 1.54) is 31.8 Å². The number of methoxy groups -OCH3 is 2. The van der Waals surface area contributed by atoms with Gasteiger partial charge in [-0.15, -0.1) is 0 Å². The number of hydrogen-bond acceptors (Lipinski definition) is 4. The zero-order valence-corrected chi connectivity index (χ0v) is 11.7. The molecule has 4 heteroatoms. The molecule has 1 fully saturated rings. The number of ether oxygens (including phenoxy) is 2. The number of allylic oxidation sites excluding steroid dienone is 3. The number of esters is 2. The van der Waals surface area contributed by atoms with Gasteiger partial charge in [-0.1, -0.05) is 23.6 Å². The van der Waals surface area contributed by atoms with Crippen molar-refractivity contribution in [1.82, 2.24) is 0 Å². The minimum Gasteiger partial charge on any atom is -0.468 e. The lowest BCUT2D eigenvalue weighted by molar-refractivity contribution is -0.156. The van der Waals surface area contributed by atoms with Gasteiger partial charge in [0.15, 0.2) is 5.92 Å². The van der Waals surface area contributed by atoms with E-state index in [1.54, 1.807) is 0 Å². The molecule has 2 aliphatic rings. The minimum absolute atomic E-state index is 0.403. The summed E-state index contributed by atoms with van der Waals surface area (Å²) in [6, 6.07) is 0. The van der Waals surface area contributed by atoms with Crippen molar-refractivity contribution >= 4 is 11.9 Å². The molecule has 0 saturated heterocycles. The Bertz CT molecular complexity index is 443. The summed E-state index contributed by atoms with van der Waals surface area (Å²) in [5.74, 6) is -1.60. The molecule has 2 rings (SSSR count). The molecule has 0 bridgehead atoms. The van der Waals surface area contributed by atoms with E-state index in [9.17, 15) is 9.59 Å². The summed E-state index contributed by atoms with van der Waals surface area (Å²) < 4.78 is 9.52. The van der Waals surface area contributed by atoms with Crippen molar-refractivity contribution in [2.24, 2.45) is 11.8 Å². The van der Waals surface area contributed by atoms with Crippen LogP contribution in [0.3, 0.4) is 0 Å². The zero-order valence-electron chi connectivity index (χ0n) is 11.7. The zero-order chi connectivity index (χ0) is 14.0. The number of hydrogen-bond donors (Lipinski definition) is 0. The number of carbonyl (C=O) groups is 2. The Hall–Kier alpha value is -1.58. The Balaban J connectivity index is 2.40. The van der Waals surface area contributed by atoms with Gasteiger partial charge >= 0.3 is 11.9 Å². The van der Waals surface area contributed by atoms with Gasteiger partial charge in [-0.05, 0) is 31.8 Å². The van der Waals surface area contributed by atoms with E-state index >= 15 is 0 Å². The normalized spacial score (nSPS) is 22.1. The summed E-state index contributed by atoms with van der Waals surface area (Å²) in [4.78, 5) is 23.8. The highest BCUT2D eigenvalue weighted by atomic mass is 16.5. The molecule has 4 nitrogen and oxygen atoms in total. The standard InChI is InChI=1S/C15H20O4/c1-9-8-12(11-7-5-4-6-10(9)11)13(14(16)18-2)15(17)19-3/h8,10,13H,4-7H2,1-3H3. The van der Waals surface area contributed by atoms with Gasteiger partial charge < -0.3 is 9.47 Å². The number of carbonyl (C=O) groups excluding carboxylic acids is 2. The first-order chi connectivity index (χ1) is 9.10. The van der Waals surface area contributed by atoms with Crippen LogP contribution in [-0.2, 0) is 19.1 Å². The fourth-order valence-corrected chi connectivity index (χ4v) is 3.15. The quantitative estimate of drug-likeness (QED) is 0.580. The van der Waals surface area contributed by atoms with Crippen molar-refractivity contribution in [2.45, 2.75) is 32.6 Å². The molecule has 1 saturated carbocycles. The van der Waals surface area contributed by atoms with Gasteiger partial charge in [-0.25, -0.2) is 0 Å². The second-order valence-corrected chi connectivity index (χ2v) is 5.15. The minimum atomic E-state index is -0.928. The third kappa shape index (κ3) is 2.44. The van der Waals surface area contributed by atoms with E-state index in [2.05, 4.69) is 6.92 Å². The average Bonchev–Trinajstić information content (AvgIpc) is 2.76. The maximum absolute atomic E-state index is 11.9. The van der Waals surface area contributed by atoms with Gasteiger partial charge in [-0.2, -0.15) is 0 Å². The SMILES string of the molecule is COC(=O)C(C(=O)OC)C1=C2CCCCC2C(C)=C1.